The first-order valence-electron chi connectivity index (χ1n) is 8.46. The zero-order chi connectivity index (χ0) is 17.8. The number of hydrogen-bond acceptors (Lipinski definition) is 3. The molecule has 1 aliphatic rings. The highest BCUT2D eigenvalue weighted by Crippen LogP contribution is 2.31. The number of halogens is 1. The summed E-state index contributed by atoms with van der Waals surface area (Å²) in [6, 6.07) is 5.20. The van der Waals surface area contributed by atoms with E-state index < -0.39 is 0 Å². The average Bonchev–Trinajstić information content (AvgIpc) is 3.12. The molecule has 1 aromatic carbocycles. The number of hydrogen-bond donors (Lipinski definition) is 1. The van der Waals surface area contributed by atoms with Gasteiger partial charge in [-0.25, -0.2) is 4.39 Å². The highest BCUT2D eigenvalue weighted by atomic mass is 32.1. The van der Waals surface area contributed by atoms with Gasteiger partial charge in [-0.15, -0.1) is 0 Å². The van der Waals surface area contributed by atoms with Crippen LogP contribution in [0.5, 0.6) is 0 Å². The smallest absolute Gasteiger partial charge is 0.252 e. The number of fused-ring (bicyclic) bond motifs is 1. The Morgan fingerprint density at radius 1 is 1.36 bits per heavy atom. The molecule has 4 nitrogen and oxygen atoms in total. The molecule has 0 radical (unpaired) electrons. The predicted octanol–water partition coefficient (Wildman–Crippen LogP) is 3.69. The van der Waals surface area contributed by atoms with Crippen LogP contribution < -0.4 is 10.2 Å². The van der Waals surface area contributed by atoms with Gasteiger partial charge in [-0.1, -0.05) is 6.07 Å². The fourth-order valence-electron chi connectivity index (χ4n) is 3.16. The molecule has 2 aromatic rings. The molecule has 1 aromatic heterocycles. The van der Waals surface area contributed by atoms with E-state index in [2.05, 4.69) is 5.32 Å². The van der Waals surface area contributed by atoms with Crippen LogP contribution in [0.1, 0.15) is 40.7 Å². The molecular formula is C19H21FN2O2S. The van der Waals surface area contributed by atoms with Gasteiger partial charge in [0.05, 0.1) is 5.69 Å². The minimum atomic E-state index is -0.325. The lowest BCUT2D eigenvalue weighted by atomic mass is 9.98. The summed E-state index contributed by atoms with van der Waals surface area (Å²) in [7, 11) is 0. The first-order chi connectivity index (χ1) is 12.1. The zero-order valence-electron chi connectivity index (χ0n) is 14.2. The molecule has 6 heteroatoms. The molecule has 2 heterocycles. The molecule has 3 rings (SSSR count). The fourth-order valence-corrected chi connectivity index (χ4v) is 3.80. The van der Waals surface area contributed by atoms with Crippen molar-refractivity contribution in [3.05, 3.63) is 51.5 Å². The van der Waals surface area contributed by atoms with Crippen molar-refractivity contribution in [1.82, 2.24) is 5.32 Å². The van der Waals surface area contributed by atoms with Gasteiger partial charge in [-0.05, 0) is 54.8 Å². The summed E-state index contributed by atoms with van der Waals surface area (Å²) in [5.41, 5.74) is 2.85. The molecule has 0 saturated carbocycles. The molecule has 0 aliphatic carbocycles. The molecule has 0 fully saturated rings. The van der Waals surface area contributed by atoms with Crippen LogP contribution in [0.4, 0.5) is 10.1 Å². The lowest BCUT2D eigenvalue weighted by Crippen LogP contribution is -2.36. The van der Waals surface area contributed by atoms with Gasteiger partial charge in [0.25, 0.3) is 5.91 Å². The first-order valence-corrected chi connectivity index (χ1v) is 9.40. The van der Waals surface area contributed by atoms with Gasteiger partial charge >= 0.3 is 0 Å². The second-order valence-electron chi connectivity index (χ2n) is 6.27. The third-order valence-electron chi connectivity index (χ3n) is 4.32. The second kappa shape index (κ2) is 7.78. The monoisotopic (exact) mass is 360 g/mol. The molecule has 0 spiro atoms. The predicted molar refractivity (Wildman–Crippen MR) is 97.7 cm³/mol. The molecule has 25 heavy (non-hydrogen) atoms. The molecular weight excluding hydrogens is 339 g/mol. The number of thiophene rings is 1. The number of rotatable bonds is 5. The van der Waals surface area contributed by atoms with Crippen LogP contribution >= 0.6 is 11.3 Å². The Labute approximate surface area is 150 Å². The van der Waals surface area contributed by atoms with E-state index >= 15 is 0 Å². The number of benzene rings is 1. The van der Waals surface area contributed by atoms with E-state index in [0.717, 1.165) is 24.0 Å². The Kier molecular flexibility index (Phi) is 5.48. The molecule has 2 amide bonds. The van der Waals surface area contributed by atoms with Gasteiger partial charge in [-0.2, -0.15) is 11.3 Å². The van der Waals surface area contributed by atoms with Gasteiger partial charge in [0, 0.05) is 30.5 Å². The van der Waals surface area contributed by atoms with Crippen molar-refractivity contribution in [1.29, 1.82) is 0 Å². The van der Waals surface area contributed by atoms with Crippen LogP contribution in [0.3, 0.4) is 0 Å². The number of carbonyl (C=O) groups is 2. The standard InChI is InChI=1S/C19H21FN2O2S/c1-13-10-14-4-3-8-22(18(14)16(20)11-13)17(23)5-2-7-21-19(24)15-6-9-25-12-15/h6,9-12H,2-5,7-8H2,1H3,(H,21,24). The Morgan fingerprint density at radius 3 is 2.96 bits per heavy atom. The van der Waals surface area contributed by atoms with Crippen LogP contribution in [-0.2, 0) is 11.2 Å². The molecule has 0 unspecified atom stereocenters. The summed E-state index contributed by atoms with van der Waals surface area (Å²) >= 11 is 1.47. The van der Waals surface area contributed by atoms with Crippen LogP contribution in [0.15, 0.2) is 29.0 Å². The van der Waals surface area contributed by atoms with Crippen molar-refractivity contribution in [2.24, 2.45) is 0 Å². The van der Waals surface area contributed by atoms with Gasteiger partial charge in [0.2, 0.25) is 5.91 Å². The molecule has 0 saturated heterocycles. The Balaban J connectivity index is 1.55. The number of anilines is 1. The molecule has 1 aliphatic heterocycles. The van der Waals surface area contributed by atoms with Crippen molar-refractivity contribution >= 4 is 28.8 Å². The lowest BCUT2D eigenvalue weighted by molar-refractivity contribution is -0.118. The zero-order valence-corrected chi connectivity index (χ0v) is 15.0. The van der Waals surface area contributed by atoms with E-state index in [1.807, 2.05) is 18.4 Å². The van der Waals surface area contributed by atoms with Gasteiger partial charge < -0.3 is 10.2 Å². The summed E-state index contributed by atoms with van der Waals surface area (Å²) in [6.45, 7) is 2.84. The van der Waals surface area contributed by atoms with Crippen molar-refractivity contribution < 1.29 is 14.0 Å². The van der Waals surface area contributed by atoms with Crippen LogP contribution in [0.25, 0.3) is 0 Å². The normalized spacial score (nSPS) is 13.4. The van der Waals surface area contributed by atoms with Crippen molar-refractivity contribution in [3.8, 4) is 0 Å². The van der Waals surface area contributed by atoms with Crippen molar-refractivity contribution in [2.45, 2.75) is 32.6 Å². The van der Waals surface area contributed by atoms with Crippen molar-refractivity contribution in [2.75, 3.05) is 18.0 Å². The minimum Gasteiger partial charge on any atom is -0.352 e. The van der Waals surface area contributed by atoms with E-state index in [1.165, 1.54) is 17.4 Å². The summed E-state index contributed by atoms with van der Waals surface area (Å²) in [6.07, 6.45) is 2.47. The third kappa shape index (κ3) is 4.07. The summed E-state index contributed by atoms with van der Waals surface area (Å²) < 4.78 is 14.3. The first kappa shape index (κ1) is 17.6. The van der Waals surface area contributed by atoms with Crippen LogP contribution in [0, 0.1) is 12.7 Å². The van der Waals surface area contributed by atoms with Crippen molar-refractivity contribution in [3.63, 3.8) is 0 Å². The molecule has 132 valence electrons. The second-order valence-corrected chi connectivity index (χ2v) is 7.05. The maximum Gasteiger partial charge on any atom is 0.252 e. The molecule has 0 atom stereocenters. The number of nitrogens with zero attached hydrogens (tertiary/aromatic N) is 1. The number of amides is 2. The Bertz CT molecular complexity index is 774. The maximum atomic E-state index is 14.3. The summed E-state index contributed by atoms with van der Waals surface area (Å²) in [5.74, 6) is -0.541. The highest BCUT2D eigenvalue weighted by molar-refractivity contribution is 7.08. The quantitative estimate of drug-likeness (QED) is 0.827. The Hall–Kier alpha value is -2.21. The largest absolute Gasteiger partial charge is 0.352 e. The van der Waals surface area contributed by atoms with Crippen LogP contribution in [-0.4, -0.2) is 24.9 Å². The molecule has 1 N–H and O–H groups in total. The average molecular weight is 360 g/mol. The van der Waals surface area contributed by atoms with Gasteiger partial charge in [-0.3, -0.25) is 9.59 Å². The van der Waals surface area contributed by atoms with Gasteiger partial charge in [0.1, 0.15) is 5.82 Å². The van der Waals surface area contributed by atoms with Crippen LogP contribution in [0.2, 0.25) is 0 Å². The third-order valence-corrected chi connectivity index (χ3v) is 5.01. The van der Waals surface area contributed by atoms with E-state index in [0.29, 0.717) is 30.8 Å². The maximum absolute atomic E-state index is 14.3. The summed E-state index contributed by atoms with van der Waals surface area (Å²) in [5, 5.41) is 6.44. The molecule has 0 bridgehead atoms. The summed E-state index contributed by atoms with van der Waals surface area (Å²) in [4.78, 5) is 25.9. The lowest BCUT2D eigenvalue weighted by Gasteiger charge is -2.30. The topological polar surface area (TPSA) is 49.4 Å². The van der Waals surface area contributed by atoms with E-state index in [4.69, 9.17) is 0 Å². The fraction of sp³-hybridized carbons (Fsp3) is 0.368. The van der Waals surface area contributed by atoms with E-state index in [-0.39, 0.29) is 24.1 Å². The number of carbonyl (C=O) groups excluding carboxylic acids is 2. The highest BCUT2D eigenvalue weighted by Gasteiger charge is 2.25. The number of nitrogens with one attached hydrogen (secondary N) is 1. The van der Waals surface area contributed by atoms with E-state index in [9.17, 15) is 14.0 Å². The number of aryl methyl sites for hydroxylation is 2. The van der Waals surface area contributed by atoms with E-state index in [1.54, 1.807) is 16.3 Å². The Morgan fingerprint density at radius 2 is 2.20 bits per heavy atom. The SMILES string of the molecule is Cc1cc(F)c2c(c1)CCCN2C(=O)CCCNC(=O)c1ccsc1. The minimum absolute atomic E-state index is 0.0894. The van der Waals surface area contributed by atoms with Gasteiger partial charge in [0.15, 0.2) is 0 Å².